The van der Waals surface area contributed by atoms with E-state index in [9.17, 15) is 5.11 Å². The first kappa shape index (κ1) is 12.7. The number of aliphatic hydroxyl groups excluding tert-OH is 1. The van der Waals surface area contributed by atoms with Gasteiger partial charge in [0.25, 0.3) is 0 Å². The van der Waals surface area contributed by atoms with E-state index in [1.807, 2.05) is 33.9 Å². The number of anilines is 2. The van der Waals surface area contributed by atoms with Crippen molar-refractivity contribution in [2.45, 2.75) is 39.3 Å². The van der Waals surface area contributed by atoms with E-state index >= 15 is 0 Å². The maximum absolute atomic E-state index is 9.62. The van der Waals surface area contributed by atoms with Gasteiger partial charge >= 0.3 is 0 Å². The van der Waals surface area contributed by atoms with Gasteiger partial charge in [0.15, 0.2) is 0 Å². The summed E-state index contributed by atoms with van der Waals surface area (Å²) in [7, 11) is 1.81. The molecule has 0 saturated heterocycles. The van der Waals surface area contributed by atoms with Gasteiger partial charge in [0.2, 0.25) is 0 Å². The molecule has 90 valence electrons. The van der Waals surface area contributed by atoms with E-state index in [2.05, 4.69) is 20.6 Å². The fourth-order valence-corrected chi connectivity index (χ4v) is 1.19. The monoisotopic (exact) mass is 224 g/mol. The number of hydrogen-bond donors (Lipinski definition) is 3. The van der Waals surface area contributed by atoms with Crippen LogP contribution in [0, 0.1) is 6.92 Å². The lowest BCUT2D eigenvalue weighted by atomic mass is 9.99. The van der Waals surface area contributed by atoms with Gasteiger partial charge in [-0.15, -0.1) is 0 Å². The van der Waals surface area contributed by atoms with Gasteiger partial charge < -0.3 is 15.7 Å². The molecule has 0 fully saturated rings. The summed E-state index contributed by atoms with van der Waals surface area (Å²) in [6.45, 7) is 7.43. The van der Waals surface area contributed by atoms with E-state index in [-0.39, 0.29) is 0 Å². The third-order valence-corrected chi connectivity index (χ3v) is 2.59. The Morgan fingerprint density at radius 1 is 1.31 bits per heavy atom. The molecule has 5 heteroatoms. The fourth-order valence-electron chi connectivity index (χ4n) is 1.19. The Labute approximate surface area is 96.3 Å². The highest BCUT2D eigenvalue weighted by Gasteiger charge is 2.24. The summed E-state index contributed by atoms with van der Waals surface area (Å²) in [6, 6.07) is 1.82. The Kier molecular flexibility index (Phi) is 3.70. The largest absolute Gasteiger partial charge is 0.391 e. The maximum atomic E-state index is 9.62. The number of nitrogens with one attached hydrogen (secondary N) is 2. The number of aromatic nitrogens is 2. The highest BCUT2D eigenvalue weighted by Crippen LogP contribution is 2.18. The summed E-state index contributed by atoms with van der Waals surface area (Å²) < 4.78 is 0. The summed E-state index contributed by atoms with van der Waals surface area (Å²) in [6.07, 6.45) is -0.471. The zero-order chi connectivity index (χ0) is 12.3. The predicted octanol–water partition coefficient (Wildman–Crippen LogP) is 1.40. The Morgan fingerprint density at radius 2 is 1.88 bits per heavy atom. The summed E-state index contributed by atoms with van der Waals surface area (Å²) in [4.78, 5) is 8.48. The first-order chi connectivity index (χ1) is 7.35. The van der Waals surface area contributed by atoms with Gasteiger partial charge in [0, 0.05) is 13.1 Å². The van der Waals surface area contributed by atoms with E-state index < -0.39 is 11.6 Å². The van der Waals surface area contributed by atoms with Gasteiger partial charge in [-0.25, -0.2) is 9.97 Å². The zero-order valence-corrected chi connectivity index (χ0v) is 10.5. The normalized spacial score (nSPS) is 13.4. The summed E-state index contributed by atoms with van der Waals surface area (Å²) >= 11 is 0. The molecule has 0 aliphatic rings. The van der Waals surface area contributed by atoms with Crippen molar-refractivity contribution >= 4 is 11.6 Å². The Hall–Kier alpha value is -1.36. The van der Waals surface area contributed by atoms with Crippen molar-refractivity contribution in [1.29, 1.82) is 0 Å². The predicted molar refractivity (Wildman–Crippen MR) is 65.7 cm³/mol. The van der Waals surface area contributed by atoms with Crippen LogP contribution >= 0.6 is 0 Å². The second kappa shape index (κ2) is 4.65. The van der Waals surface area contributed by atoms with Crippen molar-refractivity contribution in [1.82, 2.24) is 9.97 Å². The molecule has 0 bridgehead atoms. The van der Waals surface area contributed by atoms with Crippen molar-refractivity contribution < 1.29 is 5.11 Å². The summed E-state index contributed by atoms with van der Waals surface area (Å²) in [5.41, 5.74) is -0.425. The maximum Gasteiger partial charge on any atom is 0.132 e. The average Bonchev–Trinajstić information content (AvgIpc) is 2.15. The average molecular weight is 224 g/mol. The molecule has 1 rings (SSSR count). The number of nitrogens with zero attached hydrogens (tertiary/aromatic N) is 2. The second-order valence-corrected chi connectivity index (χ2v) is 4.46. The topological polar surface area (TPSA) is 70.1 Å². The van der Waals surface area contributed by atoms with Gasteiger partial charge in [0.05, 0.1) is 11.6 Å². The van der Waals surface area contributed by atoms with Crippen molar-refractivity contribution in [3.05, 3.63) is 11.9 Å². The van der Waals surface area contributed by atoms with Gasteiger partial charge in [0.1, 0.15) is 17.5 Å². The molecule has 1 aromatic heterocycles. The van der Waals surface area contributed by atoms with Crippen LogP contribution < -0.4 is 10.6 Å². The second-order valence-electron chi connectivity index (χ2n) is 4.46. The molecule has 0 amide bonds. The molecular weight excluding hydrogens is 204 g/mol. The zero-order valence-electron chi connectivity index (χ0n) is 10.5. The molecule has 0 aromatic carbocycles. The molecule has 3 N–H and O–H groups in total. The van der Waals surface area contributed by atoms with Crippen molar-refractivity contribution in [3.8, 4) is 0 Å². The number of hydrogen-bond acceptors (Lipinski definition) is 5. The molecule has 0 aliphatic heterocycles. The van der Waals surface area contributed by atoms with Crippen LogP contribution in [-0.4, -0.2) is 33.8 Å². The molecule has 0 radical (unpaired) electrons. The molecule has 0 saturated carbocycles. The minimum atomic E-state index is -0.471. The first-order valence-corrected chi connectivity index (χ1v) is 5.35. The smallest absolute Gasteiger partial charge is 0.132 e. The van der Waals surface area contributed by atoms with Crippen LogP contribution in [-0.2, 0) is 0 Å². The SMILES string of the molecule is CNc1cc(NC(C)(C)C(C)O)nc(C)n1. The van der Waals surface area contributed by atoms with Crippen LogP contribution in [0.5, 0.6) is 0 Å². The van der Waals surface area contributed by atoms with E-state index in [1.54, 1.807) is 6.92 Å². The lowest BCUT2D eigenvalue weighted by Crippen LogP contribution is -2.42. The fraction of sp³-hybridized carbons (Fsp3) is 0.636. The van der Waals surface area contributed by atoms with E-state index in [0.29, 0.717) is 11.6 Å². The minimum Gasteiger partial charge on any atom is -0.391 e. The highest BCUT2D eigenvalue weighted by molar-refractivity contribution is 5.48. The quantitative estimate of drug-likeness (QED) is 0.721. The van der Waals surface area contributed by atoms with E-state index in [4.69, 9.17) is 0 Å². The molecule has 1 unspecified atom stereocenters. The van der Waals surface area contributed by atoms with Gasteiger partial charge in [-0.3, -0.25) is 0 Å². The van der Waals surface area contributed by atoms with Crippen LogP contribution in [0.4, 0.5) is 11.6 Å². The third kappa shape index (κ3) is 3.06. The van der Waals surface area contributed by atoms with Crippen LogP contribution in [0.3, 0.4) is 0 Å². The number of aryl methyl sites for hydroxylation is 1. The van der Waals surface area contributed by atoms with Gasteiger partial charge in [-0.05, 0) is 27.7 Å². The molecule has 1 aromatic rings. The highest BCUT2D eigenvalue weighted by atomic mass is 16.3. The van der Waals surface area contributed by atoms with E-state index in [0.717, 1.165) is 5.82 Å². The standard InChI is InChI=1S/C11H20N4O/c1-7(16)11(3,4)15-10-6-9(12-5)13-8(2)14-10/h6-7,16H,1-5H3,(H2,12,13,14,15). The van der Waals surface area contributed by atoms with Crippen molar-refractivity contribution in [2.75, 3.05) is 17.7 Å². The van der Waals surface area contributed by atoms with Crippen LogP contribution in [0.15, 0.2) is 6.07 Å². The Bertz CT molecular complexity index is 363. The Morgan fingerprint density at radius 3 is 2.38 bits per heavy atom. The van der Waals surface area contributed by atoms with Gasteiger partial charge in [-0.2, -0.15) is 0 Å². The van der Waals surface area contributed by atoms with Crippen LogP contribution in [0.2, 0.25) is 0 Å². The Balaban J connectivity index is 2.93. The first-order valence-electron chi connectivity index (χ1n) is 5.35. The lowest BCUT2D eigenvalue weighted by molar-refractivity contribution is 0.133. The molecule has 0 aliphatic carbocycles. The summed E-state index contributed by atoms with van der Waals surface area (Å²) in [5.74, 6) is 2.16. The molecule has 1 heterocycles. The van der Waals surface area contributed by atoms with Crippen LogP contribution in [0.1, 0.15) is 26.6 Å². The molecule has 1 atom stereocenters. The van der Waals surface area contributed by atoms with Gasteiger partial charge in [-0.1, -0.05) is 0 Å². The molecule has 5 nitrogen and oxygen atoms in total. The van der Waals surface area contributed by atoms with E-state index in [1.165, 1.54) is 0 Å². The third-order valence-electron chi connectivity index (χ3n) is 2.59. The van der Waals surface area contributed by atoms with Crippen LogP contribution in [0.25, 0.3) is 0 Å². The molecule has 0 spiro atoms. The lowest BCUT2D eigenvalue weighted by Gasteiger charge is -2.30. The summed E-state index contributed by atoms with van der Waals surface area (Å²) in [5, 5.41) is 15.8. The van der Waals surface area contributed by atoms with Crippen molar-refractivity contribution in [3.63, 3.8) is 0 Å². The minimum absolute atomic E-state index is 0.425. The molecular formula is C11H20N4O. The number of rotatable bonds is 4. The molecule has 16 heavy (non-hydrogen) atoms. The van der Waals surface area contributed by atoms with Crippen molar-refractivity contribution in [2.24, 2.45) is 0 Å². The number of aliphatic hydroxyl groups is 1.